The molecule has 7 nitrogen and oxygen atoms in total. The van der Waals surface area contributed by atoms with E-state index in [-0.39, 0.29) is 23.9 Å². The van der Waals surface area contributed by atoms with E-state index in [4.69, 9.17) is 4.74 Å². The van der Waals surface area contributed by atoms with Crippen molar-refractivity contribution < 1.29 is 14.3 Å². The third kappa shape index (κ3) is 4.46. The summed E-state index contributed by atoms with van der Waals surface area (Å²) in [6.07, 6.45) is 3.15. The van der Waals surface area contributed by atoms with Gasteiger partial charge in [0.05, 0.1) is 17.8 Å². The number of aryl methyl sites for hydroxylation is 1. The molecular formula is C29H32N4O3. The number of para-hydroxylation sites is 1. The minimum atomic E-state index is -0.554. The number of hydrogen-bond acceptors (Lipinski definition) is 5. The van der Waals surface area contributed by atoms with Crippen LogP contribution >= 0.6 is 0 Å². The van der Waals surface area contributed by atoms with Crippen molar-refractivity contribution in [1.82, 2.24) is 14.8 Å². The molecule has 7 heteroatoms. The summed E-state index contributed by atoms with van der Waals surface area (Å²) in [5.74, 6) is 0.0849. The highest BCUT2D eigenvalue weighted by Gasteiger charge is 2.51. The molecule has 1 saturated heterocycles. The molecule has 1 fully saturated rings. The predicted molar refractivity (Wildman–Crippen MR) is 139 cm³/mol. The lowest BCUT2D eigenvalue weighted by atomic mass is 9.89. The van der Waals surface area contributed by atoms with Crippen molar-refractivity contribution in [1.29, 1.82) is 0 Å². The largest absolute Gasteiger partial charge is 0.480 e. The third-order valence-corrected chi connectivity index (χ3v) is 7.19. The van der Waals surface area contributed by atoms with Crippen LogP contribution in [0.2, 0.25) is 0 Å². The number of carbonyl (C=O) groups is 2. The van der Waals surface area contributed by atoms with E-state index in [1.807, 2.05) is 18.7 Å². The van der Waals surface area contributed by atoms with Crippen molar-refractivity contribution >= 4 is 17.5 Å². The van der Waals surface area contributed by atoms with Crippen LogP contribution in [0.1, 0.15) is 58.7 Å². The number of ether oxygens (including phenoxy) is 1. The number of nitrogens with one attached hydrogen (secondary N) is 1. The molecule has 1 spiro atoms. The minimum absolute atomic E-state index is 0.0163. The smallest absolute Gasteiger partial charge is 0.258 e. The van der Waals surface area contributed by atoms with E-state index in [0.717, 1.165) is 0 Å². The topological polar surface area (TPSA) is 74.8 Å². The van der Waals surface area contributed by atoms with Gasteiger partial charge in [0.25, 0.3) is 11.8 Å². The first-order valence-electron chi connectivity index (χ1n) is 12.4. The Bertz CT molecular complexity index is 1270. The van der Waals surface area contributed by atoms with Gasteiger partial charge in [-0.3, -0.25) is 19.5 Å². The van der Waals surface area contributed by atoms with Crippen molar-refractivity contribution in [2.75, 3.05) is 25.0 Å². The van der Waals surface area contributed by atoms with Crippen molar-refractivity contribution in [3.8, 4) is 5.75 Å². The lowest BCUT2D eigenvalue weighted by molar-refractivity contribution is -0.104. The van der Waals surface area contributed by atoms with Crippen LogP contribution in [0.3, 0.4) is 0 Å². The summed E-state index contributed by atoms with van der Waals surface area (Å²) >= 11 is 0. The number of pyridine rings is 1. The van der Waals surface area contributed by atoms with Gasteiger partial charge >= 0.3 is 0 Å². The fourth-order valence-electron chi connectivity index (χ4n) is 5.00. The Hall–Kier alpha value is -3.71. The average molecular weight is 485 g/mol. The average Bonchev–Trinajstić information content (AvgIpc) is 2.99. The second kappa shape index (κ2) is 9.39. The molecular weight excluding hydrogens is 452 g/mol. The maximum atomic E-state index is 13.6. The number of benzene rings is 2. The normalized spacial score (nSPS) is 17.7. The highest BCUT2D eigenvalue weighted by atomic mass is 16.5. The summed E-state index contributed by atoms with van der Waals surface area (Å²) in [6, 6.07) is 17.5. The van der Waals surface area contributed by atoms with E-state index < -0.39 is 5.60 Å². The van der Waals surface area contributed by atoms with Crippen LogP contribution in [-0.4, -0.2) is 57.9 Å². The van der Waals surface area contributed by atoms with Gasteiger partial charge in [0.15, 0.2) is 11.4 Å². The van der Waals surface area contributed by atoms with E-state index in [1.54, 1.807) is 42.7 Å². The van der Waals surface area contributed by atoms with Crippen molar-refractivity contribution in [3.05, 3.63) is 89.2 Å². The Morgan fingerprint density at radius 2 is 1.69 bits per heavy atom. The Morgan fingerprint density at radius 3 is 2.36 bits per heavy atom. The highest BCUT2D eigenvalue weighted by Crippen LogP contribution is 2.42. The first kappa shape index (κ1) is 24.0. The lowest BCUT2D eigenvalue weighted by Crippen LogP contribution is -2.69. The molecule has 186 valence electrons. The molecule has 3 aromatic rings. The van der Waals surface area contributed by atoms with Gasteiger partial charge in [0.1, 0.15) is 0 Å². The maximum Gasteiger partial charge on any atom is 0.258 e. The van der Waals surface area contributed by atoms with Crippen LogP contribution in [0.25, 0.3) is 0 Å². The van der Waals surface area contributed by atoms with Crippen LogP contribution < -0.4 is 10.1 Å². The number of amides is 2. The van der Waals surface area contributed by atoms with Crippen LogP contribution in [0, 0.1) is 6.92 Å². The molecule has 1 atom stereocenters. The Labute approximate surface area is 212 Å². The van der Waals surface area contributed by atoms with Crippen molar-refractivity contribution in [2.45, 2.75) is 45.4 Å². The van der Waals surface area contributed by atoms with Gasteiger partial charge < -0.3 is 15.0 Å². The van der Waals surface area contributed by atoms with Crippen LogP contribution in [0.15, 0.2) is 67.0 Å². The zero-order chi connectivity index (χ0) is 25.4. The summed E-state index contributed by atoms with van der Waals surface area (Å²) in [7, 11) is 0. The summed E-state index contributed by atoms with van der Waals surface area (Å²) in [5, 5.41) is 2.95. The van der Waals surface area contributed by atoms with Crippen molar-refractivity contribution in [3.63, 3.8) is 0 Å². The van der Waals surface area contributed by atoms with Crippen LogP contribution in [-0.2, 0) is 0 Å². The van der Waals surface area contributed by atoms with Gasteiger partial charge in [-0.2, -0.15) is 0 Å². The summed E-state index contributed by atoms with van der Waals surface area (Å²) in [4.78, 5) is 34.7. The Kier molecular flexibility index (Phi) is 6.26. The number of carbonyl (C=O) groups excluding carboxylic acids is 2. The molecule has 2 amide bonds. The zero-order valence-corrected chi connectivity index (χ0v) is 21.2. The molecule has 1 aromatic heterocycles. The van der Waals surface area contributed by atoms with E-state index >= 15 is 0 Å². The second-order valence-corrected chi connectivity index (χ2v) is 10.2. The maximum absolute atomic E-state index is 13.6. The SMILES string of the molecule is Cc1ccc(C(C)N2CC3(C2)CN(C(C)C)C(=O)c2cccc(NC(=O)c4ccncc4)c2O3)cc1. The van der Waals surface area contributed by atoms with E-state index in [9.17, 15) is 9.59 Å². The Morgan fingerprint density at radius 1 is 1.00 bits per heavy atom. The number of aromatic nitrogens is 1. The molecule has 0 aliphatic carbocycles. The molecule has 36 heavy (non-hydrogen) atoms. The molecule has 2 aliphatic heterocycles. The minimum Gasteiger partial charge on any atom is -0.480 e. The van der Waals surface area contributed by atoms with Gasteiger partial charge in [-0.1, -0.05) is 35.9 Å². The number of fused-ring (bicyclic) bond motifs is 1. The molecule has 0 saturated carbocycles. The van der Waals surface area contributed by atoms with E-state index in [0.29, 0.717) is 42.2 Å². The quantitative estimate of drug-likeness (QED) is 0.568. The summed E-state index contributed by atoms with van der Waals surface area (Å²) in [5.41, 5.74) is 3.40. The van der Waals surface area contributed by atoms with E-state index in [1.165, 1.54) is 11.1 Å². The van der Waals surface area contributed by atoms with Gasteiger partial charge in [-0.25, -0.2) is 0 Å². The first-order chi connectivity index (χ1) is 17.3. The third-order valence-electron chi connectivity index (χ3n) is 7.19. The predicted octanol–water partition coefficient (Wildman–Crippen LogP) is 4.70. The van der Waals surface area contributed by atoms with Crippen LogP contribution in [0.4, 0.5) is 5.69 Å². The molecule has 1 unspecified atom stereocenters. The number of hydrogen-bond donors (Lipinski definition) is 1. The lowest BCUT2D eigenvalue weighted by Gasteiger charge is -2.53. The molecule has 5 rings (SSSR count). The van der Waals surface area contributed by atoms with Gasteiger partial charge in [-0.05, 0) is 57.5 Å². The fourth-order valence-corrected chi connectivity index (χ4v) is 5.00. The standard InChI is InChI=1S/C29H32N4O3/c1-19(2)33-18-29(16-32(17-29)21(4)22-10-8-20(3)9-11-22)36-26-24(28(33)35)6-5-7-25(26)31-27(34)23-12-14-30-15-13-23/h5-15,19,21H,16-18H2,1-4H3,(H,31,34). The second-order valence-electron chi connectivity index (χ2n) is 10.2. The zero-order valence-electron chi connectivity index (χ0n) is 21.2. The molecule has 1 N–H and O–H groups in total. The molecule has 2 aliphatic rings. The van der Waals surface area contributed by atoms with Gasteiger partial charge in [-0.15, -0.1) is 0 Å². The molecule has 0 bridgehead atoms. The summed E-state index contributed by atoms with van der Waals surface area (Å²) < 4.78 is 6.70. The van der Waals surface area contributed by atoms with Crippen LogP contribution in [0.5, 0.6) is 5.75 Å². The number of likely N-dealkylation sites (tertiary alicyclic amines) is 1. The first-order valence-corrected chi connectivity index (χ1v) is 12.4. The van der Waals surface area contributed by atoms with Gasteiger partial charge in [0, 0.05) is 43.1 Å². The number of nitrogens with zero attached hydrogens (tertiary/aromatic N) is 3. The highest BCUT2D eigenvalue weighted by molar-refractivity contribution is 6.07. The molecule has 2 aromatic carbocycles. The van der Waals surface area contributed by atoms with Gasteiger partial charge in [0.2, 0.25) is 0 Å². The number of anilines is 1. The molecule has 0 radical (unpaired) electrons. The van der Waals surface area contributed by atoms with Crippen molar-refractivity contribution in [2.24, 2.45) is 0 Å². The fraction of sp³-hybridized carbons (Fsp3) is 0.345. The Balaban J connectivity index is 1.44. The molecule has 3 heterocycles. The summed E-state index contributed by atoms with van der Waals surface area (Å²) in [6.45, 7) is 10.2. The monoisotopic (exact) mass is 484 g/mol. The van der Waals surface area contributed by atoms with E-state index in [2.05, 4.69) is 53.3 Å². The number of rotatable bonds is 5.